The van der Waals surface area contributed by atoms with E-state index in [2.05, 4.69) is 10.1 Å². The predicted octanol–water partition coefficient (Wildman–Crippen LogP) is 1.44. The quantitative estimate of drug-likeness (QED) is 0.849. The van der Waals surface area contributed by atoms with Crippen LogP contribution >= 0.6 is 0 Å². The highest BCUT2D eigenvalue weighted by Crippen LogP contribution is 2.33. The Labute approximate surface area is 154 Å². The summed E-state index contributed by atoms with van der Waals surface area (Å²) in [6.45, 7) is 6.53. The van der Waals surface area contributed by atoms with Crippen LogP contribution in [0.5, 0.6) is 0 Å². The van der Waals surface area contributed by atoms with Crippen LogP contribution in [0.15, 0.2) is 4.52 Å². The van der Waals surface area contributed by atoms with Crippen LogP contribution in [0.1, 0.15) is 69.6 Å². The van der Waals surface area contributed by atoms with Crippen LogP contribution in [0.3, 0.4) is 0 Å². The molecule has 2 aliphatic heterocycles. The van der Waals surface area contributed by atoms with Gasteiger partial charge in [-0.05, 0) is 45.2 Å². The second-order valence-corrected chi connectivity index (χ2v) is 7.71. The molecule has 0 radical (unpaired) electrons. The van der Waals surface area contributed by atoms with Gasteiger partial charge in [0.1, 0.15) is 6.04 Å². The van der Waals surface area contributed by atoms with Crippen molar-refractivity contribution in [2.45, 2.75) is 57.9 Å². The lowest BCUT2D eigenvalue weighted by Crippen LogP contribution is -2.46. The maximum absolute atomic E-state index is 13.1. The molecule has 144 valence electrons. The van der Waals surface area contributed by atoms with E-state index in [-0.39, 0.29) is 36.2 Å². The largest absolute Gasteiger partial charge is 0.369 e. The van der Waals surface area contributed by atoms with Crippen molar-refractivity contribution >= 4 is 11.8 Å². The average molecular weight is 363 g/mol. The zero-order valence-electron chi connectivity index (χ0n) is 15.7. The third-order valence-electron chi connectivity index (χ3n) is 5.36. The molecule has 0 bridgehead atoms. The molecule has 8 heteroatoms. The summed E-state index contributed by atoms with van der Waals surface area (Å²) in [5.74, 6) is 1.31. The Kier molecular flexibility index (Phi) is 5.90. The van der Waals surface area contributed by atoms with Crippen molar-refractivity contribution in [3.63, 3.8) is 0 Å². The molecular weight excluding hydrogens is 334 g/mol. The Morgan fingerprint density at radius 1 is 1.19 bits per heavy atom. The third-order valence-corrected chi connectivity index (χ3v) is 5.36. The fraction of sp³-hybridized carbons (Fsp3) is 0.778. The van der Waals surface area contributed by atoms with Gasteiger partial charge in [0, 0.05) is 18.4 Å². The van der Waals surface area contributed by atoms with E-state index in [1.165, 1.54) is 0 Å². The van der Waals surface area contributed by atoms with Gasteiger partial charge in [0.15, 0.2) is 5.82 Å². The van der Waals surface area contributed by atoms with Crippen molar-refractivity contribution in [3.8, 4) is 0 Å². The molecule has 0 aromatic carbocycles. The van der Waals surface area contributed by atoms with Gasteiger partial charge < -0.3 is 15.2 Å². The van der Waals surface area contributed by atoms with Crippen molar-refractivity contribution in [2.75, 3.05) is 26.2 Å². The molecule has 1 aromatic heterocycles. The molecule has 2 saturated heterocycles. The van der Waals surface area contributed by atoms with E-state index >= 15 is 0 Å². The Morgan fingerprint density at radius 3 is 2.54 bits per heavy atom. The zero-order valence-corrected chi connectivity index (χ0v) is 15.7. The minimum atomic E-state index is -0.316. The summed E-state index contributed by atoms with van der Waals surface area (Å²) in [4.78, 5) is 32.7. The second kappa shape index (κ2) is 8.16. The Balaban J connectivity index is 1.65. The summed E-state index contributed by atoms with van der Waals surface area (Å²) >= 11 is 0. The highest BCUT2D eigenvalue weighted by molar-refractivity contribution is 5.79. The standard InChI is InChI=1S/C18H29N5O3/c1-12(2)16-20-17(26-21-16)14-5-3-4-8-23(14)18(25)13-6-9-22(10-7-13)11-15(19)24/h12-14H,3-11H2,1-2H3,(H2,19,24). The number of amides is 2. The van der Waals surface area contributed by atoms with E-state index in [0.717, 1.165) is 51.7 Å². The molecule has 0 spiro atoms. The first kappa shape index (κ1) is 18.8. The fourth-order valence-electron chi connectivity index (χ4n) is 3.86. The number of carbonyl (C=O) groups is 2. The molecule has 1 unspecified atom stereocenters. The van der Waals surface area contributed by atoms with Gasteiger partial charge in [0.2, 0.25) is 17.7 Å². The van der Waals surface area contributed by atoms with Gasteiger partial charge in [0.25, 0.3) is 0 Å². The van der Waals surface area contributed by atoms with Crippen LogP contribution in [-0.2, 0) is 9.59 Å². The van der Waals surface area contributed by atoms with E-state index in [1.54, 1.807) is 0 Å². The number of rotatable bonds is 5. The minimum absolute atomic E-state index is 0.00721. The lowest BCUT2D eigenvalue weighted by atomic mass is 9.92. The van der Waals surface area contributed by atoms with Gasteiger partial charge in [0.05, 0.1) is 6.54 Å². The molecule has 2 aliphatic rings. The normalized spacial score (nSPS) is 22.7. The van der Waals surface area contributed by atoms with Gasteiger partial charge in [-0.2, -0.15) is 4.98 Å². The first-order valence-corrected chi connectivity index (χ1v) is 9.60. The van der Waals surface area contributed by atoms with Crippen molar-refractivity contribution < 1.29 is 14.1 Å². The van der Waals surface area contributed by atoms with Gasteiger partial charge >= 0.3 is 0 Å². The molecule has 26 heavy (non-hydrogen) atoms. The van der Waals surface area contributed by atoms with Crippen LogP contribution in [-0.4, -0.2) is 57.9 Å². The van der Waals surface area contributed by atoms with Crippen LogP contribution in [0.25, 0.3) is 0 Å². The lowest BCUT2D eigenvalue weighted by Gasteiger charge is -2.38. The number of primary amides is 1. The first-order chi connectivity index (χ1) is 12.5. The summed E-state index contributed by atoms with van der Waals surface area (Å²) in [5.41, 5.74) is 5.26. The SMILES string of the molecule is CC(C)c1noc(C2CCCCN2C(=O)C2CCN(CC(N)=O)CC2)n1. The molecular formula is C18H29N5O3. The molecule has 8 nitrogen and oxygen atoms in total. The Bertz CT molecular complexity index is 637. The van der Waals surface area contributed by atoms with Gasteiger partial charge in [-0.25, -0.2) is 0 Å². The van der Waals surface area contributed by atoms with E-state index in [4.69, 9.17) is 10.3 Å². The van der Waals surface area contributed by atoms with Crippen LogP contribution < -0.4 is 5.73 Å². The second-order valence-electron chi connectivity index (χ2n) is 7.71. The summed E-state index contributed by atoms with van der Waals surface area (Å²) in [7, 11) is 0. The third kappa shape index (κ3) is 4.23. The number of hydrogen-bond donors (Lipinski definition) is 1. The highest BCUT2D eigenvalue weighted by atomic mass is 16.5. The first-order valence-electron chi connectivity index (χ1n) is 9.60. The summed E-state index contributed by atoms with van der Waals surface area (Å²) in [6.07, 6.45) is 4.46. The molecule has 0 aliphatic carbocycles. The summed E-state index contributed by atoms with van der Waals surface area (Å²) in [6, 6.07) is -0.111. The number of aromatic nitrogens is 2. The molecule has 2 fully saturated rings. The smallest absolute Gasteiger partial charge is 0.249 e. The fourth-order valence-corrected chi connectivity index (χ4v) is 3.86. The lowest BCUT2D eigenvalue weighted by molar-refractivity contribution is -0.141. The maximum Gasteiger partial charge on any atom is 0.249 e. The molecule has 3 rings (SSSR count). The number of likely N-dealkylation sites (tertiary alicyclic amines) is 2. The van der Waals surface area contributed by atoms with Gasteiger partial charge in [-0.1, -0.05) is 19.0 Å². The minimum Gasteiger partial charge on any atom is -0.369 e. The number of nitrogens with two attached hydrogens (primary N) is 1. The summed E-state index contributed by atoms with van der Waals surface area (Å²) in [5, 5.41) is 4.06. The van der Waals surface area contributed by atoms with Gasteiger partial charge in [-0.3, -0.25) is 14.5 Å². The van der Waals surface area contributed by atoms with Crippen molar-refractivity contribution in [1.29, 1.82) is 0 Å². The van der Waals surface area contributed by atoms with Gasteiger partial charge in [-0.15, -0.1) is 0 Å². The number of piperidine rings is 2. The Morgan fingerprint density at radius 2 is 1.92 bits per heavy atom. The predicted molar refractivity (Wildman–Crippen MR) is 95.1 cm³/mol. The van der Waals surface area contributed by atoms with Crippen molar-refractivity contribution in [1.82, 2.24) is 19.9 Å². The topological polar surface area (TPSA) is 106 Å². The number of carbonyl (C=O) groups excluding carboxylic acids is 2. The molecule has 1 aromatic rings. The van der Waals surface area contributed by atoms with Crippen LogP contribution in [0.4, 0.5) is 0 Å². The molecule has 1 atom stereocenters. The number of hydrogen-bond acceptors (Lipinski definition) is 6. The molecule has 3 heterocycles. The van der Waals surface area contributed by atoms with Crippen molar-refractivity contribution in [2.24, 2.45) is 11.7 Å². The van der Waals surface area contributed by atoms with E-state index in [0.29, 0.717) is 11.7 Å². The number of nitrogens with zero attached hydrogens (tertiary/aromatic N) is 4. The summed E-state index contributed by atoms with van der Waals surface area (Å²) < 4.78 is 5.48. The monoisotopic (exact) mass is 363 g/mol. The van der Waals surface area contributed by atoms with E-state index in [9.17, 15) is 9.59 Å². The molecule has 2 N–H and O–H groups in total. The highest BCUT2D eigenvalue weighted by Gasteiger charge is 2.36. The molecule has 2 amide bonds. The van der Waals surface area contributed by atoms with Crippen molar-refractivity contribution in [3.05, 3.63) is 11.7 Å². The van der Waals surface area contributed by atoms with E-state index in [1.807, 2.05) is 23.6 Å². The van der Waals surface area contributed by atoms with Crippen LogP contribution in [0.2, 0.25) is 0 Å². The van der Waals surface area contributed by atoms with E-state index < -0.39 is 0 Å². The van der Waals surface area contributed by atoms with Crippen LogP contribution in [0, 0.1) is 5.92 Å². The maximum atomic E-state index is 13.1. The molecule has 0 saturated carbocycles. The average Bonchev–Trinajstić information content (AvgIpc) is 3.11. The Hall–Kier alpha value is -1.96. The zero-order chi connectivity index (χ0) is 18.7.